The molecule has 23 heavy (non-hydrogen) atoms. The molecule has 1 unspecified atom stereocenters. The number of likely N-dealkylation sites (N-methyl/N-ethyl adjacent to an activating group) is 1. The second-order valence-electron chi connectivity index (χ2n) is 5.69. The summed E-state index contributed by atoms with van der Waals surface area (Å²) < 4.78 is 28.1. The molecule has 126 valence electrons. The highest BCUT2D eigenvalue weighted by Crippen LogP contribution is 2.21. The van der Waals surface area contributed by atoms with E-state index in [0.29, 0.717) is 17.9 Å². The van der Waals surface area contributed by atoms with Crippen LogP contribution in [0.4, 0.5) is 5.69 Å². The van der Waals surface area contributed by atoms with Crippen LogP contribution in [0, 0.1) is 5.92 Å². The fourth-order valence-corrected chi connectivity index (χ4v) is 3.90. The topological polar surface area (TPSA) is 92.8 Å². The first-order valence-corrected chi connectivity index (χ1v) is 9.03. The van der Waals surface area contributed by atoms with Crippen molar-refractivity contribution in [1.29, 1.82) is 0 Å². The first kappa shape index (κ1) is 17.3. The number of amides is 2. The van der Waals surface area contributed by atoms with E-state index in [1.165, 1.54) is 4.90 Å². The Morgan fingerprint density at radius 3 is 2.43 bits per heavy atom. The van der Waals surface area contributed by atoms with E-state index in [-0.39, 0.29) is 29.9 Å². The SMILES string of the molecule is CN(C)C(=O)COc1ccc(NC(=O)C2CCS(=O)(=O)C2)cc1. The van der Waals surface area contributed by atoms with Crippen LogP contribution < -0.4 is 10.1 Å². The smallest absolute Gasteiger partial charge is 0.259 e. The average molecular weight is 340 g/mol. The normalized spacial score (nSPS) is 19.1. The molecule has 1 heterocycles. The maximum Gasteiger partial charge on any atom is 0.259 e. The van der Waals surface area contributed by atoms with Crippen LogP contribution in [-0.2, 0) is 19.4 Å². The summed E-state index contributed by atoms with van der Waals surface area (Å²) in [5, 5.41) is 2.70. The van der Waals surface area contributed by atoms with Crippen LogP contribution in [-0.4, -0.2) is 57.3 Å². The molecule has 0 aromatic heterocycles. The van der Waals surface area contributed by atoms with Crippen molar-refractivity contribution in [1.82, 2.24) is 4.90 Å². The number of hydrogen-bond acceptors (Lipinski definition) is 5. The van der Waals surface area contributed by atoms with Gasteiger partial charge in [-0.05, 0) is 30.7 Å². The van der Waals surface area contributed by atoms with E-state index in [4.69, 9.17) is 4.74 Å². The highest BCUT2D eigenvalue weighted by molar-refractivity contribution is 7.91. The number of hydrogen-bond donors (Lipinski definition) is 1. The second kappa shape index (κ2) is 6.99. The number of nitrogens with zero attached hydrogens (tertiary/aromatic N) is 1. The number of benzene rings is 1. The molecule has 2 amide bonds. The van der Waals surface area contributed by atoms with Crippen LogP contribution >= 0.6 is 0 Å². The number of nitrogens with one attached hydrogen (secondary N) is 1. The van der Waals surface area contributed by atoms with Gasteiger partial charge in [-0.1, -0.05) is 0 Å². The Kier molecular flexibility index (Phi) is 5.25. The van der Waals surface area contributed by atoms with Crippen LogP contribution in [0.15, 0.2) is 24.3 Å². The third-order valence-corrected chi connectivity index (χ3v) is 5.35. The summed E-state index contributed by atoms with van der Waals surface area (Å²) in [4.78, 5) is 24.9. The minimum Gasteiger partial charge on any atom is -0.484 e. The molecule has 7 nitrogen and oxygen atoms in total. The molecule has 0 aliphatic carbocycles. The monoisotopic (exact) mass is 340 g/mol. The van der Waals surface area contributed by atoms with Crippen molar-refractivity contribution in [2.45, 2.75) is 6.42 Å². The molecule has 1 N–H and O–H groups in total. The van der Waals surface area contributed by atoms with E-state index in [0.717, 1.165) is 0 Å². The Bertz CT molecular complexity index is 682. The Morgan fingerprint density at radius 2 is 1.91 bits per heavy atom. The lowest BCUT2D eigenvalue weighted by Crippen LogP contribution is -2.27. The van der Waals surface area contributed by atoms with Gasteiger partial charge in [0.15, 0.2) is 16.4 Å². The van der Waals surface area contributed by atoms with Crippen molar-refractivity contribution >= 4 is 27.3 Å². The predicted molar refractivity (Wildman–Crippen MR) is 86.0 cm³/mol. The van der Waals surface area contributed by atoms with E-state index < -0.39 is 15.8 Å². The van der Waals surface area contributed by atoms with Crippen molar-refractivity contribution < 1.29 is 22.7 Å². The van der Waals surface area contributed by atoms with E-state index in [9.17, 15) is 18.0 Å². The maximum atomic E-state index is 12.0. The molecule has 1 aromatic rings. The number of sulfone groups is 1. The largest absolute Gasteiger partial charge is 0.484 e. The first-order valence-electron chi connectivity index (χ1n) is 7.21. The zero-order valence-corrected chi connectivity index (χ0v) is 13.9. The Balaban J connectivity index is 1.87. The fraction of sp³-hybridized carbons (Fsp3) is 0.467. The van der Waals surface area contributed by atoms with Gasteiger partial charge >= 0.3 is 0 Å². The molecule has 0 radical (unpaired) electrons. The van der Waals surface area contributed by atoms with Gasteiger partial charge in [0.1, 0.15) is 5.75 Å². The lowest BCUT2D eigenvalue weighted by Gasteiger charge is -2.12. The van der Waals surface area contributed by atoms with Crippen LogP contribution in [0.25, 0.3) is 0 Å². The van der Waals surface area contributed by atoms with Crippen molar-refractivity contribution in [2.75, 3.05) is 37.5 Å². The summed E-state index contributed by atoms with van der Waals surface area (Å²) in [7, 11) is 0.214. The highest BCUT2D eigenvalue weighted by atomic mass is 32.2. The second-order valence-corrected chi connectivity index (χ2v) is 7.92. The summed E-state index contributed by atoms with van der Waals surface area (Å²) in [5.74, 6) is -0.438. The van der Waals surface area contributed by atoms with Crippen molar-refractivity contribution in [3.8, 4) is 5.75 Å². The molecule has 1 aliphatic rings. The highest BCUT2D eigenvalue weighted by Gasteiger charge is 2.32. The zero-order chi connectivity index (χ0) is 17.0. The molecule has 2 rings (SSSR count). The van der Waals surface area contributed by atoms with Crippen LogP contribution in [0.1, 0.15) is 6.42 Å². The summed E-state index contributed by atoms with van der Waals surface area (Å²) in [6.07, 6.45) is 0.363. The lowest BCUT2D eigenvalue weighted by atomic mass is 10.1. The van der Waals surface area contributed by atoms with Gasteiger partial charge in [-0.3, -0.25) is 9.59 Å². The number of ether oxygens (including phenoxy) is 1. The molecular weight excluding hydrogens is 320 g/mol. The molecule has 0 saturated carbocycles. The average Bonchev–Trinajstić information content (AvgIpc) is 2.86. The van der Waals surface area contributed by atoms with E-state index in [1.54, 1.807) is 38.4 Å². The molecule has 0 spiro atoms. The van der Waals surface area contributed by atoms with E-state index in [2.05, 4.69) is 5.32 Å². The molecule has 0 bridgehead atoms. The molecule has 1 aromatic carbocycles. The van der Waals surface area contributed by atoms with Crippen molar-refractivity contribution in [3.05, 3.63) is 24.3 Å². The van der Waals surface area contributed by atoms with Gasteiger partial charge in [0.05, 0.1) is 17.4 Å². The van der Waals surface area contributed by atoms with Crippen molar-refractivity contribution in [3.63, 3.8) is 0 Å². The number of carbonyl (C=O) groups is 2. The van der Waals surface area contributed by atoms with Gasteiger partial charge in [0.2, 0.25) is 5.91 Å². The third kappa shape index (κ3) is 4.95. The first-order chi connectivity index (χ1) is 10.8. The maximum absolute atomic E-state index is 12.0. The third-order valence-electron chi connectivity index (χ3n) is 3.59. The molecule has 1 aliphatic heterocycles. The molecule has 1 saturated heterocycles. The summed E-state index contributed by atoms with van der Waals surface area (Å²) in [5.41, 5.74) is 0.561. The minimum absolute atomic E-state index is 0.0569. The summed E-state index contributed by atoms with van der Waals surface area (Å²) in [6.45, 7) is -0.0569. The van der Waals surface area contributed by atoms with Crippen molar-refractivity contribution in [2.24, 2.45) is 5.92 Å². The molecule has 1 atom stereocenters. The van der Waals surface area contributed by atoms with Crippen LogP contribution in [0.3, 0.4) is 0 Å². The lowest BCUT2D eigenvalue weighted by molar-refractivity contribution is -0.130. The standard InChI is InChI=1S/C15H20N2O5S/c1-17(2)14(18)9-22-13-5-3-12(4-6-13)16-15(19)11-7-8-23(20,21)10-11/h3-6,11H,7-10H2,1-2H3,(H,16,19). The number of anilines is 1. The van der Waals surface area contributed by atoms with Gasteiger partial charge in [-0.15, -0.1) is 0 Å². The minimum atomic E-state index is -3.08. The summed E-state index contributed by atoms with van der Waals surface area (Å²) in [6, 6.07) is 6.58. The Labute approximate surface area is 135 Å². The molecule has 1 fully saturated rings. The van der Waals surface area contributed by atoms with E-state index >= 15 is 0 Å². The zero-order valence-electron chi connectivity index (χ0n) is 13.1. The molecule has 8 heteroatoms. The fourth-order valence-electron chi connectivity index (χ4n) is 2.15. The van der Waals surface area contributed by atoms with Gasteiger partial charge < -0.3 is 15.0 Å². The van der Waals surface area contributed by atoms with Gasteiger partial charge in [0, 0.05) is 19.8 Å². The van der Waals surface area contributed by atoms with Gasteiger partial charge in [-0.25, -0.2) is 8.42 Å². The van der Waals surface area contributed by atoms with E-state index in [1.807, 2.05) is 0 Å². The van der Waals surface area contributed by atoms with Crippen LogP contribution in [0.2, 0.25) is 0 Å². The van der Waals surface area contributed by atoms with Gasteiger partial charge in [-0.2, -0.15) is 0 Å². The predicted octanol–water partition coefficient (Wildman–Crippen LogP) is 0.527. The molecular formula is C15H20N2O5S. The van der Waals surface area contributed by atoms with Crippen LogP contribution in [0.5, 0.6) is 5.75 Å². The quantitative estimate of drug-likeness (QED) is 0.844. The summed E-state index contributed by atoms with van der Waals surface area (Å²) >= 11 is 0. The number of rotatable bonds is 5. The Hall–Kier alpha value is -2.09. The Morgan fingerprint density at radius 1 is 1.26 bits per heavy atom. The van der Waals surface area contributed by atoms with Gasteiger partial charge in [0.25, 0.3) is 5.91 Å². The number of carbonyl (C=O) groups excluding carboxylic acids is 2.